The normalized spacial score (nSPS) is 18.3. The highest BCUT2D eigenvalue weighted by molar-refractivity contribution is 7.91. The molecule has 1 aromatic rings. The van der Waals surface area contributed by atoms with E-state index in [1.165, 1.54) is 12.1 Å². The quantitative estimate of drug-likeness (QED) is 0.872. The topological polar surface area (TPSA) is 83.5 Å². The number of rotatable bonds is 5. The molecule has 0 radical (unpaired) electrons. The van der Waals surface area contributed by atoms with E-state index in [-0.39, 0.29) is 10.6 Å². The smallest absolute Gasteiger partial charge is 0.305 e. The number of carboxylic acid groups (broad SMARTS) is 1. The Morgan fingerprint density at radius 2 is 2.17 bits per heavy atom. The van der Waals surface area contributed by atoms with Crippen molar-refractivity contribution in [2.24, 2.45) is 0 Å². The zero-order valence-electron chi connectivity index (χ0n) is 9.35. The van der Waals surface area contributed by atoms with Crippen LogP contribution in [-0.4, -0.2) is 25.0 Å². The van der Waals surface area contributed by atoms with Crippen LogP contribution in [0.1, 0.15) is 25.7 Å². The van der Waals surface area contributed by atoms with Crippen LogP contribution in [-0.2, 0) is 14.8 Å². The third kappa shape index (κ3) is 2.85. The summed E-state index contributed by atoms with van der Waals surface area (Å²) >= 11 is 6.66. The summed E-state index contributed by atoms with van der Waals surface area (Å²) in [7, 11) is -3.68. The second-order valence-corrected chi connectivity index (χ2v) is 7.99. The molecule has 1 saturated carbocycles. The molecule has 1 aliphatic carbocycles. The van der Waals surface area contributed by atoms with Gasteiger partial charge in [-0.2, -0.15) is 0 Å². The van der Waals surface area contributed by atoms with E-state index in [0.29, 0.717) is 17.2 Å². The maximum atomic E-state index is 12.1. The van der Waals surface area contributed by atoms with Gasteiger partial charge in [-0.05, 0) is 31.4 Å². The summed E-state index contributed by atoms with van der Waals surface area (Å²) in [6.45, 7) is 0. The fraction of sp³-hybridized carbons (Fsp3) is 0.500. The van der Waals surface area contributed by atoms with E-state index < -0.39 is 21.5 Å². The van der Waals surface area contributed by atoms with Crippen LogP contribution in [0.3, 0.4) is 0 Å². The first kappa shape index (κ1) is 13.8. The molecule has 18 heavy (non-hydrogen) atoms. The van der Waals surface area contributed by atoms with Crippen LogP contribution >= 0.6 is 22.9 Å². The molecule has 1 aliphatic rings. The number of halogens is 1. The summed E-state index contributed by atoms with van der Waals surface area (Å²) in [4.78, 5) is 10.8. The van der Waals surface area contributed by atoms with Gasteiger partial charge in [0.05, 0.1) is 10.8 Å². The van der Waals surface area contributed by atoms with E-state index in [0.717, 1.165) is 17.8 Å². The molecule has 2 rings (SSSR count). The van der Waals surface area contributed by atoms with Crippen molar-refractivity contribution < 1.29 is 18.3 Å². The fourth-order valence-corrected chi connectivity index (χ4v) is 4.93. The Hall–Kier alpha value is -0.630. The fourth-order valence-electron chi connectivity index (χ4n) is 1.99. The molecule has 0 bridgehead atoms. The lowest BCUT2D eigenvalue weighted by Crippen LogP contribution is -2.54. The molecule has 1 fully saturated rings. The van der Waals surface area contributed by atoms with E-state index in [2.05, 4.69) is 4.72 Å². The molecule has 0 aromatic carbocycles. The first-order valence-corrected chi connectivity index (χ1v) is 8.02. The van der Waals surface area contributed by atoms with Gasteiger partial charge in [0.15, 0.2) is 0 Å². The molecule has 0 saturated heterocycles. The van der Waals surface area contributed by atoms with Crippen LogP contribution in [0.25, 0.3) is 0 Å². The van der Waals surface area contributed by atoms with E-state index in [9.17, 15) is 13.2 Å². The van der Waals surface area contributed by atoms with Crippen molar-refractivity contribution in [3.05, 3.63) is 16.5 Å². The summed E-state index contributed by atoms with van der Waals surface area (Å²) in [5.41, 5.74) is -0.832. The maximum Gasteiger partial charge on any atom is 0.305 e. The zero-order chi connectivity index (χ0) is 13.4. The van der Waals surface area contributed by atoms with E-state index in [1.807, 2.05) is 0 Å². The lowest BCUT2D eigenvalue weighted by molar-refractivity contribution is -0.139. The van der Waals surface area contributed by atoms with Gasteiger partial charge in [0.25, 0.3) is 10.0 Å². The van der Waals surface area contributed by atoms with Crippen LogP contribution in [0.15, 0.2) is 16.3 Å². The van der Waals surface area contributed by atoms with E-state index in [1.54, 1.807) is 0 Å². The van der Waals surface area contributed by atoms with Crippen molar-refractivity contribution in [2.45, 2.75) is 35.4 Å². The second-order valence-electron chi connectivity index (χ2n) is 4.37. The molecule has 1 heterocycles. The summed E-state index contributed by atoms with van der Waals surface area (Å²) < 4.78 is 27.2. The lowest BCUT2D eigenvalue weighted by atomic mass is 9.75. The van der Waals surface area contributed by atoms with Gasteiger partial charge in [0, 0.05) is 5.54 Å². The van der Waals surface area contributed by atoms with Crippen molar-refractivity contribution in [3.8, 4) is 0 Å². The molecular formula is C10H12ClNO4S2. The van der Waals surface area contributed by atoms with Gasteiger partial charge < -0.3 is 5.11 Å². The van der Waals surface area contributed by atoms with Gasteiger partial charge in [0.1, 0.15) is 4.21 Å². The maximum absolute atomic E-state index is 12.1. The standard InChI is InChI=1S/C10H12ClNO4S2/c11-7-2-3-9(17-7)18(15,16)12-10(4-1-5-10)6-8(13)14/h2-3,12H,1,4-6H2,(H,13,14). The van der Waals surface area contributed by atoms with Crippen LogP contribution in [0.4, 0.5) is 0 Å². The van der Waals surface area contributed by atoms with Crippen LogP contribution in [0, 0.1) is 0 Å². The van der Waals surface area contributed by atoms with Gasteiger partial charge in [-0.15, -0.1) is 11.3 Å². The Labute approximate surface area is 114 Å². The second kappa shape index (κ2) is 4.80. The predicted octanol–water partition coefficient (Wildman–Crippen LogP) is 2.08. The third-order valence-corrected chi connectivity index (χ3v) is 6.27. The molecule has 1 aromatic heterocycles. The van der Waals surface area contributed by atoms with Crippen molar-refractivity contribution >= 4 is 38.9 Å². The van der Waals surface area contributed by atoms with Gasteiger partial charge in [-0.3, -0.25) is 4.79 Å². The average Bonchev–Trinajstić information content (AvgIpc) is 2.61. The number of thiophene rings is 1. The van der Waals surface area contributed by atoms with Gasteiger partial charge in [-0.25, -0.2) is 13.1 Å². The number of aliphatic carboxylic acids is 1. The number of carboxylic acids is 1. The minimum atomic E-state index is -3.68. The Bertz CT molecular complexity index is 562. The van der Waals surface area contributed by atoms with Gasteiger partial charge in [-0.1, -0.05) is 11.6 Å². The third-order valence-electron chi connectivity index (χ3n) is 2.96. The molecule has 100 valence electrons. The molecule has 2 N–H and O–H groups in total. The van der Waals surface area contributed by atoms with Crippen LogP contribution < -0.4 is 4.72 Å². The number of hydrogen-bond acceptors (Lipinski definition) is 4. The number of sulfonamides is 1. The molecule has 8 heteroatoms. The highest BCUT2D eigenvalue weighted by Gasteiger charge is 2.42. The highest BCUT2D eigenvalue weighted by atomic mass is 35.5. The average molecular weight is 310 g/mol. The molecule has 0 amide bonds. The largest absolute Gasteiger partial charge is 0.481 e. The van der Waals surface area contributed by atoms with E-state index >= 15 is 0 Å². The molecule has 0 unspecified atom stereocenters. The Kier molecular flexibility index (Phi) is 3.68. The number of nitrogens with one attached hydrogen (secondary N) is 1. The Morgan fingerprint density at radius 3 is 2.56 bits per heavy atom. The zero-order valence-corrected chi connectivity index (χ0v) is 11.7. The number of carbonyl (C=O) groups is 1. The van der Waals surface area contributed by atoms with Crippen molar-refractivity contribution in [1.82, 2.24) is 4.72 Å². The minimum absolute atomic E-state index is 0.115. The minimum Gasteiger partial charge on any atom is -0.481 e. The number of hydrogen-bond donors (Lipinski definition) is 2. The Balaban J connectivity index is 2.19. The Morgan fingerprint density at radius 1 is 1.50 bits per heavy atom. The summed E-state index contributed by atoms with van der Waals surface area (Å²) in [6.07, 6.45) is 1.75. The molecule has 0 spiro atoms. The SMILES string of the molecule is O=C(O)CC1(NS(=O)(=O)c2ccc(Cl)s2)CCC1. The van der Waals surface area contributed by atoms with Crippen LogP contribution in [0.2, 0.25) is 4.34 Å². The first-order valence-electron chi connectivity index (χ1n) is 5.34. The van der Waals surface area contributed by atoms with Crippen molar-refractivity contribution in [2.75, 3.05) is 0 Å². The molecule has 0 atom stereocenters. The molecule has 0 aliphatic heterocycles. The highest BCUT2D eigenvalue weighted by Crippen LogP contribution is 2.37. The summed E-state index contributed by atoms with van der Waals surface area (Å²) in [6, 6.07) is 2.92. The molecule has 5 nitrogen and oxygen atoms in total. The van der Waals surface area contributed by atoms with Crippen molar-refractivity contribution in [1.29, 1.82) is 0 Å². The van der Waals surface area contributed by atoms with Gasteiger partial charge in [0.2, 0.25) is 0 Å². The van der Waals surface area contributed by atoms with Gasteiger partial charge >= 0.3 is 5.97 Å². The van der Waals surface area contributed by atoms with Crippen molar-refractivity contribution in [3.63, 3.8) is 0 Å². The van der Waals surface area contributed by atoms with E-state index in [4.69, 9.17) is 16.7 Å². The first-order chi connectivity index (χ1) is 8.33. The predicted molar refractivity (Wildman–Crippen MR) is 68.5 cm³/mol. The molecular weight excluding hydrogens is 298 g/mol. The van der Waals surface area contributed by atoms with Crippen LogP contribution in [0.5, 0.6) is 0 Å². The lowest BCUT2D eigenvalue weighted by Gasteiger charge is -2.40. The monoisotopic (exact) mass is 309 g/mol. The summed E-state index contributed by atoms with van der Waals surface area (Å²) in [5.74, 6) is -0.999. The summed E-state index contributed by atoms with van der Waals surface area (Å²) in [5, 5.41) is 8.83.